The third-order valence-corrected chi connectivity index (χ3v) is 8.22. The summed E-state index contributed by atoms with van der Waals surface area (Å²) in [6.07, 6.45) is 0.860. The van der Waals surface area contributed by atoms with E-state index in [4.69, 9.17) is 14.2 Å². The number of para-hydroxylation sites is 1. The first-order valence-electron chi connectivity index (χ1n) is 13.4. The number of aromatic nitrogens is 1. The van der Waals surface area contributed by atoms with Crippen molar-refractivity contribution in [3.8, 4) is 17.2 Å². The van der Waals surface area contributed by atoms with Gasteiger partial charge in [-0.25, -0.2) is 0 Å². The van der Waals surface area contributed by atoms with Crippen LogP contribution in [0.2, 0.25) is 0 Å². The maximum Gasteiger partial charge on any atom is 0.246 e. The van der Waals surface area contributed by atoms with Crippen LogP contribution in [0.3, 0.4) is 0 Å². The van der Waals surface area contributed by atoms with Crippen molar-refractivity contribution >= 4 is 22.7 Å². The van der Waals surface area contributed by atoms with Gasteiger partial charge in [-0.15, -0.1) is 0 Å². The standard InChI is InChI=1S/C29H32N4O5/c1-18-13-30(14-19(2)38-18)9-10-31-16-28(34)32-15-25-22(12-24(32)29(31)35)21-5-3-4-6-23(21)33(25)20-7-8-26-27(11-20)37-17-36-26/h3-8,11,18-19,24H,9-10,12-17H2,1-2H3/t18-,19+,24?. The van der Waals surface area contributed by atoms with Crippen LogP contribution >= 0.6 is 0 Å². The number of morpholine rings is 1. The van der Waals surface area contributed by atoms with Crippen molar-refractivity contribution in [2.24, 2.45) is 0 Å². The summed E-state index contributed by atoms with van der Waals surface area (Å²) < 4.78 is 19.2. The maximum atomic E-state index is 13.7. The van der Waals surface area contributed by atoms with Gasteiger partial charge in [0, 0.05) is 55.4 Å². The van der Waals surface area contributed by atoms with Gasteiger partial charge in [0.25, 0.3) is 0 Å². The molecule has 1 aromatic heterocycles. The lowest BCUT2D eigenvalue weighted by Crippen LogP contribution is -2.62. The van der Waals surface area contributed by atoms with Crippen LogP contribution in [-0.4, -0.2) is 88.8 Å². The van der Waals surface area contributed by atoms with Crippen LogP contribution in [-0.2, 0) is 27.3 Å². The monoisotopic (exact) mass is 516 g/mol. The molecule has 38 heavy (non-hydrogen) atoms. The lowest BCUT2D eigenvalue weighted by molar-refractivity contribution is -0.157. The molecule has 0 bridgehead atoms. The normalized spacial score (nSPS) is 25.2. The molecule has 2 aromatic carbocycles. The Kier molecular flexibility index (Phi) is 5.59. The molecule has 7 rings (SSSR count). The molecule has 3 atom stereocenters. The summed E-state index contributed by atoms with van der Waals surface area (Å²) in [5.74, 6) is 1.50. The molecule has 0 saturated carbocycles. The largest absolute Gasteiger partial charge is 0.454 e. The molecule has 5 heterocycles. The van der Waals surface area contributed by atoms with Crippen molar-refractivity contribution in [1.82, 2.24) is 19.3 Å². The Balaban J connectivity index is 1.19. The number of ether oxygens (including phenoxy) is 3. The number of fused-ring (bicyclic) bond motifs is 5. The van der Waals surface area contributed by atoms with Crippen molar-refractivity contribution in [2.45, 2.75) is 45.1 Å². The SMILES string of the molecule is C[C@@H]1CN(CCN2CC(=O)N3Cc4c(c5ccccc5n4-c4ccc5c(c4)OCO5)CC3C2=O)C[C@H](C)O1. The van der Waals surface area contributed by atoms with Gasteiger partial charge in [-0.05, 0) is 37.6 Å². The zero-order valence-corrected chi connectivity index (χ0v) is 21.8. The van der Waals surface area contributed by atoms with Gasteiger partial charge < -0.3 is 28.6 Å². The molecule has 4 aliphatic heterocycles. The predicted molar refractivity (Wildman–Crippen MR) is 140 cm³/mol. The second-order valence-corrected chi connectivity index (χ2v) is 10.8. The quantitative estimate of drug-likeness (QED) is 0.531. The molecule has 0 N–H and O–H groups in total. The number of carbonyl (C=O) groups excluding carboxylic acids is 2. The van der Waals surface area contributed by atoms with E-state index >= 15 is 0 Å². The number of rotatable bonds is 4. The summed E-state index contributed by atoms with van der Waals surface area (Å²) in [5, 5.41) is 1.12. The predicted octanol–water partition coefficient (Wildman–Crippen LogP) is 2.56. The first-order chi connectivity index (χ1) is 18.5. The topological polar surface area (TPSA) is 76.5 Å². The summed E-state index contributed by atoms with van der Waals surface area (Å²) in [5.41, 5.74) is 4.20. The highest BCUT2D eigenvalue weighted by Gasteiger charge is 2.44. The van der Waals surface area contributed by atoms with Gasteiger partial charge in [-0.1, -0.05) is 18.2 Å². The molecular weight excluding hydrogens is 484 g/mol. The smallest absolute Gasteiger partial charge is 0.246 e. The molecule has 1 unspecified atom stereocenters. The van der Waals surface area contributed by atoms with Crippen molar-refractivity contribution in [2.75, 3.05) is 39.5 Å². The maximum absolute atomic E-state index is 13.7. The molecular formula is C29H32N4O5. The third kappa shape index (κ3) is 3.84. The van der Waals surface area contributed by atoms with E-state index in [0.717, 1.165) is 53.2 Å². The van der Waals surface area contributed by atoms with E-state index in [1.54, 1.807) is 9.80 Å². The van der Waals surface area contributed by atoms with E-state index in [2.05, 4.69) is 35.4 Å². The highest BCUT2D eigenvalue weighted by Crippen LogP contribution is 2.39. The van der Waals surface area contributed by atoms with E-state index in [0.29, 0.717) is 25.3 Å². The van der Waals surface area contributed by atoms with Crippen LogP contribution in [0.1, 0.15) is 25.1 Å². The van der Waals surface area contributed by atoms with Gasteiger partial charge >= 0.3 is 0 Å². The fourth-order valence-corrected chi connectivity index (χ4v) is 6.59. The summed E-state index contributed by atoms with van der Waals surface area (Å²) in [6.45, 7) is 7.90. The highest BCUT2D eigenvalue weighted by molar-refractivity contribution is 5.97. The van der Waals surface area contributed by atoms with Crippen molar-refractivity contribution in [3.63, 3.8) is 0 Å². The number of hydrogen-bond acceptors (Lipinski definition) is 6. The van der Waals surface area contributed by atoms with Gasteiger partial charge in [0.1, 0.15) is 6.04 Å². The van der Waals surface area contributed by atoms with E-state index in [1.165, 1.54) is 0 Å². The Morgan fingerprint density at radius 1 is 0.921 bits per heavy atom. The highest BCUT2D eigenvalue weighted by atomic mass is 16.7. The van der Waals surface area contributed by atoms with Gasteiger partial charge in [-0.2, -0.15) is 0 Å². The number of piperazine rings is 1. The molecule has 2 amide bonds. The van der Waals surface area contributed by atoms with Crippen molar-refractivity contribution < 1.29 is 23.8 Å². The fourth-order valence-electron chi connectivity index (χ4n) is 6.59. The van der Waals surface area contributed by atoms with Gasteiger partial charge in [0.05, 0.1) is 30.8 Å². The summed E-state index contributed by atoms with van der Waals surface area (Å²) in [7, 11) is 0. The van der Waals surface area contributed by atoms with Crippen LogP contribution in [0.4, 0.5) is 0 Å². The van der Waals surface area contributed by atoms with E-state index < -0.39 is 6.04 Å². The Morgan fingerprint density at radius 2 is 1.71 bits per heavy atom. The van der Waals surface area contributed by atoms with Gasteiger partial charge in [0.2, 0.25) is 18.6 Å². The van der Waals surface area contributed by atoms with Crippen LogP contribution < -0.4 is 9.47 Å². The van der Waals surface area contributed by atoms with Crippen LogP contribution in [0.15, 0.2) is 42.5 Å². The number of nitrogens with zero attached hydrogens (tertiary/aromatic N) is 4. The summed E-state index contributed by atoms with van der Waals surface area (Å²) in [6, 6.07) is 13.7. The second-order valence-electron chi connectivity index (χ2n) is 10.8. The number of carbonyl (C=O) groups is 2. The Bertz CT molecular complexity index is 1420. The van der Waals surface area contributed by atoms with Gasteiger partial charge in [-0.3, -0.25) is 14.5 Å². The first kappa shape index (κ1) is 23.5. The average molecular weight is 517 g/mol. The fraction of sp³-hybridized carbons (Fsp3) is 0.448. The minimum Gasteiger partial charge on any atom is -0.454 e. The molecule has 2 fully saturated rings. The Morgan fingerprint density at radius 3 is 2.55 bits per heavy atom. The third-order valence-electron chi connectivity index (χ3n) is 8.22. The minimum absolute atomic E-state index is 0.00598. The lowest BCUT2D eigenvalue weighted by atomic mass is 9.94. The lowest BCUT2D eigenvalue weighted by Gasteiger charge is -2.44. The molecule has 3 aromatic rings. The molecule has 9 nitrogen and oxygen atoms in total. The molecule has 4 aliphatic rings. The minimum atomic E-state index is -0.470. The number of hydrogen-bond donors (Lipinski definition) is 0. The molecule has 9 heteroatoms. The number of benzene rings is 2. The van der Waals surface area contributed by atoms with Gasteiger partial charge in [0.15, 0.2) is 11.5 Å². The zero-order valence-electron chi connectivity index (χ0n) is 21.8. The molecule has 2 saturated heterocycles. The van der Waals surface area contributed by atoms with E-state index in [1.807, 2.05) is 30.3 Å². The van der Waals surface area contributed by atoms with Crippen molar-refractivity contribution in [1.29, 1.82) is 0 Å². The zero-order chi connectivity index (χ0) is 26.0. The molecule has 0 aliphatic carbocycles. The molecule has 0 radical (unpaired) electrons. The molecule has 0 spiro atoms. The molecule has 198 valence electrons. The average Bonchev–Trinajstić information content (AvgIpc) is 3.50. The summed E-state index contributed by atoms with van der Waals surface area (Å²) >= 11 is 0. The Hall–Kier alpha value is -3.56. The Labute approximate surface area is 221 Å². The van der Waals surface area contributed by atoms with E-state index in [9.17, 15) is 9.59 Å². The van der Waals surface area contributed by atoms with Crippen LogP contribution in [0, 0.1) is 0 Å². The first-order valence-corrected chi connectivity index (χ1v) is 13.4. The van der Waals surface area contributed by atoms with Crippen molar-refractivity contribution in [3.05, 3.63) is 53.7 Å². The number of amides is 2. The summed E-state index contributed by atoms with van der Waals surface area (Å²) in [4.78, 5) is 33.0. The van der Waals surface area contributed by atoms with Crippen LogP contribution in [0.5, 0.6) is 11.5 Å². The second kappa shape index (κ2) is 9.03. The van der Waals surface area contributed by atoms with Crippen LogP contribution in [0.25, 0.3) is 16.6 Å². The van der Waals surface area contributed by atoms with E-state index in [-0.39, 0.29) is 37.4 Å².